The molecule has 1 aromatic rings. The van der Waals surface area contributed by atoms with E-state index in [0.717, 1.165) is 17.5 Å². The molecule has 0 amide bonds. The van der Waals surface area contributed by atoms with Gasteiger partial charge in [-0.15, -0.1) is 0 Å². The van der Waals surface area contributed by atoms with Crippen LogP contribution < -0.4 is 0 Å². The first kappa shape index (κ1) is 15.7. The monoisotopic (exact) mass is 264 g/mol. The Morgan fingerprint density at radius 1 is 1.16 bits per heavy atom. The molecule has 1 unspecified atom stereocenters. The molecule has 0 bridgehead atoms. The summed E-state index contributed by atoms with van der Waals surface area (Å²) in [5, 5.41) is 0. The van der Waals surface area contributed by atoms with Gasteiger partial charge in [0.05, 0.1) is 12.2 Å². The molecule has 3 heteroatoms. The molecular weight excluding hydrogens is 240 g/mol. The summed E-state index contributed by atoms with van der Waals surface area (Å²) in [6, 6.07) is 5.75. The molecule has 0 radical (unpaired) electrons. The number of carbonyl (C=O) groups is 1. The number of esters is 1. The molecular formula is C16H24O3. The van der Waals surface area contributed by atoms with Crippen LogP contribution in [0.1, 0.15) is 41.8 Å². The third kappa shape index (κ3) is 5.43. The fourth-order valence-electron chi connectivity index (χ4n) is 2.17. The second-order valence-corrected chi connectivity index (χ2v) is 5.49. The molecule has 0 aromatic heterocycles. The van der Waals surface area contributed by atoms with Crippen LogP contribution in [0, 0.1) is 19.8 Å². The van der Waals surface area contributed by atoms with Gasteiger partial charge in [0.15, 0.2) is 0 Å². The van der Waals surface area contributed by atoms with Crippen molar-refractivity contribution in [3.63, 3.8) is 0 Å². The molecule has 0 N–H and O–H groups in total. The van der Waals surface area contributed by atoms with Crippen LogP contribution >= 0.6 is 0 Å². The van der Waals surface area contributed by atoms with Crippen molar-refractivity contribution in [2.24, 2.45) is 5.92 Å². The van der Waals surface area contributed by atoms with Crippen LogP contribution in [0.5, 0.6) is 0 Å². The van der Waals surface area contributed by atoms with Gasteiger partial charge in [0.1, 0.15) is 6.10 Å². The second-order valence-electron chi connectivity index (χ2n) is 5.49. The molecule has 0 aliphatic rings. The van der Waals surface area contributed by atoms with Gasteiger partial charge in [-0.3, -0.25) is 0 Å². The van der Waals surface area contributed by atoms with E-state index in [2.05, 4.69) is 13.8 Å². The molecule has 1 rings (SSSR count). The van der Waals surface area contributed by atoms with E-state index in [-0.39, 0.29) is 12.1 Å². The van der Waals surface area contributed by atoms with Crippen LogP contribution in [0.25, 0.3) is 0 Å². The van der Waals surface area contributed by atoms with Gasteiger partial charge < -0.3 is 9.47 Å². The minimum Gasteiger partial charge on any atom is -0.456 e. The largest absolute Gasteiger partial charge is 0.456 e. The summed E-state index contributed by atoms with van der Waals surface area (Å²) >= 11 is 0. The quantitative estimate of drug-likeness (QED) is 0.737. The number of rotatable bonds is 6. The number of benzene rings is 1. The number of methoxy groups -OCH3 is 1. The van der Waals surface area contributed by atoms with Crippen molar-refractivity contribution in [2.45, 2.75) is 40.2 Å². The Balaban J connectivity index is 2.75. The molecule has 0 fully saturated rings. The topological polar surface area (TPSA) is 35.5 Å². The third-order valence-electron chi connectivity index (χ3n) is 2.82. The van der Waals surface area contributed by atoms with Crippen molar-refractivity contribution in [2.75, 3.05) is 13.7 Å². The number of aryl methyl sites for hydroxylation is 2. The van der Waals surface area contributed by atoms with Gasteiger partial charge in [0, 0.05) is 7.11 Å². The van der Waals surface area contributed by atoms with Crippen LogP contribution in [0.15, 0.2) is 18.2 Å². The Labute approximate surface area is 115 Å². The lowest BCUT2D eigenvalue weighted by Gasteiger charge is -2.19. The number of hydrogen-bond donors (Lipinski definition) is 0. The molecule has 1 aromatic carbocycles. The number of hydrogen-bond acceptors (Lipinski definition) is 3. The molecule has 0 heterocycles. The maximum absolute atomic E-state index is 12.1. The summed E-state index contributed by atoms with van der Waals surface area (Å²) in [6.07, 6.45) is 0.628. The van der Waals surface area contributed by atoms with Gasteiger partial charge in [0.25, 0.3) is 0 Å². The highest BCUT2D eigenvalue weighted by atomic mass is 16.6. The van der Waals surface area contributed by atoms with Crippen LogP contribution in [0.4, 0.5) is 0 Å². The Morgan fingerprint density at radius 3 is 2.21 bits per heavy atom. The average molecular weight is 264 g/mol. The fourth-order valence-corrected chi connectivity index (χ4v) is 2.17. The van der Waals surface area contributed by atoms with E-state index in [0.29, 0.717) is 18.1 Å². The van der Waals surface area contributed by atoms with Crippen LogP contribution in [0.3, 0.4) is 0 Å². The normalized spacial score (nSPS) is 12.5. The maximum Gasteiger partial charge on any atom is 0.338 e. The van der Waals surface area contributed by atoms with Crippen LogP contribution in [0.2, 0.25) is 0 Å². The Bertz CT molecular complexity index is 404. The minimum absolute atomic E-state index is 0.182. The molecule has 0 aliphatic carbocycles. The lowest BCUT2D eigenvalue weighted by atomic mass is 10.1. The molecule has 0 spiro atoms. The standard InChI is InChI=1S/C16H24O3/c1-11(2)6-15(10-18-5)19-16(17)14-8-12(3)7-13(4)9-14/h7-9,11,15H,6,10H2,1-5H3. The van der Waals surface area contributed by atoms with E-state index < -0.39 is 0 Å². The smallest absolute Gasteiger partial charge is 0.338 e. The van der Waals surface area contributed by atoms with Gasteiger partial charge in [-0.25, -0.2) is 4.79 Å². The zero-order chi connectivity index (χ0) is 14.4. The Hall–Kier alpha value is -1.35. The van der Waals surface area contributed by atoms with Crippen molar-refractivity contribution >= 4 is 5.97 Å². The first-order valence-corrected chi connectivity index (χ1v) is 6.70. The van der Waals surface area contributed by atoms with Gasteiger partial charge in [-0.05, 0) is 38.3 Å². The summed E-state index contributed by atoms with van der Waals surface area (Å²) in [7, 11) is 1.62. The van der Waals surface area contributed by atoms with E-state index in [1.807, 2.05) is 32.0 Å². The first-order chi connectivity index (χ1) is 8.92. The van der Waals surface area contributed by atoms with Gasteiger partial charge in [-0.1, -0.05) is 31.0 Å². The first-order valence-electron chi connectivity index (χ1n) is 6.70. The Morgan fingerprint density at radius 2 is 1.74 bits per heavy atom. The summed E-state index contributed by atoms with van der Waals surface area (Å²) < 4.78 is 10.6. The summed E-state index contributed by atoms with van der Waals surface area (Å²) in [5.74, 6) is 0.196. The van der Waals surface area contributed by atoms with E-state index in [1.54, 1.807) is 7.11 Å². The van der Waals surface area contributed by atoms with Crippen LogP contribution in [-0.4, -0.2) is 25.8 Å². The Kier molecular flexibility index (Phi) is 6.03. The van der Waals surface area contributed by atoms with Gasteiger partial charge >= 0.3 is 5.97 Å². The lowest BCUT2D eigenvalue weighted by molar-refractivity contribution is -0.000695. The van der Waals surface area contributed by atoms with E-state index in [1.165, 1.54) is 0 Å². The maximum atomic E-state index is 12.1. The molecule has 19 heavy (non-hydrogen) atoms. The second kappa shape index (κ2) is 7.29. The van der Waals surface area contributed by atoms with Crippen LogP contribution in [-0.2, 0) is 9.47 Å². The predicted molar refractivity (Wildman–Crippen MR) is 76.5 cm³/mol. The highest BCUT2D eigenvalue weighted by molar-refractivity contribution is 5.90. The molecule has 106 valence electrons. The van der Waals surface area contributed by atoms with Crippen molar-refractivity contribution < 1.29 is 14.3 Å². The van der Waals surface area contributed by atoms with Gasteiger partial charge in [-0.2, -0.15) is 0 Å². The zero-order valence-corrected chi connectivity index (χ0v) is 12.5. The van der Waals surface area contributed by atoms with Crippen molar-refractivity contribution in [1.29, 1.82) is 0 Å². The molecule has 0 saturated heterocycles. The van der Waals surface area contributed by atoms with Gasteiger partial charge in [0.2, 0.25) is 0 Å². The van der Waals surface area contributed by atoms with E-state index >= 15 is 0 Å². The molecule has 0 saturated carbocycles. The van der Waals surface area contributed by atoms with E-state index in [9.17, 15) is 4.79 Å². The predicted octanol–water partition coefficient (Wildman–Crippen LogP) is 3.52. The zero-order valence-electron chi connectivity index (χ0n) is 12.5. The van der Waals surface area contributed by atoms with Crippen molar-refractivity contribution in [3.05, 3.63) is 34.9 Å². The third-order valence-corrected chi connectivity index (χ3v) is 2.82. The van der Waals surface area contributed by atoms with Crippen molar-refractivity contribution in [3.8, 4) is 0 Å². The average Bonchev–Trinajstić information content (AvgIpc) is 2.26. The summed E-state index contributed by atoms with van der Waals surface area (Å²) in [5.41, 5.74) is 2.75. The number of carbonyl (C=O) groups excluding carboxylic acids is 1. The molecule has 1 atom stereocenters. The van der Waals surface area contributed by atoms with E-state index in [4.69, 9.17) is 9.47 Å². The molecule has 0 aliphatic heterocycles. The summed E-state index contributed by atoms with van der Waals surface area (Å²) in [6.45, 7) is 8.60. The SMILES string of the molecule is COCC(CC(C)C)OC(=O)c1cc(C)cc(C)c1. The minimum atomic E-state index is -0.269. The van der Waals surface area contributed by atoms with Crippen molar-refractivity contribution in [1.82, 2.24) is 0 Å². The fraction of sp³-hybridized carbons (Fsp3) is 0.562. The highest BCUT2D eigenvalue weighted by Crippen LogP contribution is 2.14. The summed E-state index contributed by atoms with van der Waals surface area (Å²) in [4.78, 5) is 12.1. The number of ether oxygens (including phenoxy) is 2. The lowest BCUT2D eigenvalue weighted by Crippen LogP contribution is -2.25. The molecule has 3 nitrogen and oxygen atoms in total. The highest BCUT2D eigenvalue weighted by Gasteiger charge is 2.17.